The Morgan fingerprint density at radius 2 is 1.58 bits per heavy atom. The third-order valence-electron chi connectivity index (χ3n) is 5.90. The molecule has 0 fully saturated rings. The number of carbonyl (C=O) groups excluding carboxylic acids is 2. The predicted molar refractivity (Wildman–Crippen MR) is 145 cm³/mol. The van der Waals surface area contributed by atoms with Crippen LogP contribution in [-0.2, 0) is 32.6 Å². The molecule has 3 rings (SSSR count). The molecule has 0 saturated carbocycles. The molecule has 10 heteroatoms. The zero-order valence-corrected chi connectivity index (χ0v) is 22.4. The number of halogens is 1. The fourth-order valence-corrected chi connectivity index (χ4v) is 4.85. The fourth-order valence-electron chi connectivity index (χ4n) is 4.00. The summed E-state index contributed by atoms with van der Waals surface area (Å²) in [5.74, 6) is -0.858. The summed E-state index contributed by atoms with van der Waals surface area (Å²) in [6.45, 7) is 1.73. The highest BCUT2D eigenvalue weighted by molar-refractivity contribution is 7.92. The molecule has 0 aliphatic rings. The fraction of sp³-hybridized carbons (Fsp3) is 0.286. The minimum atomic E-state index is -3.87. The van der Waals surface area contributed by atoms with Crippen LogP contribution < -0.4 is 14.4 Å². The van der Waals surface area contributed by atoms with E-state index in [1.807, 2.05) is 37.3 Å². The lowest BCUT2D eigenvalue weighted by atomic mass is 10.0. The average Bonchev–Trinajstić information content (AvgIpc) is 2.90. The SMILES string of the molecule is CCOc1ccc(N(CC(=O)N(Cc2ccc(F)cc2)[C@H](Cc2ccccc2)C(=O)NC)S(C)(=O)=O)cc1. The smallest absolute Gasteiger partial charge is 0.244 e. The molecule has 38 heavy (non-hydrogen) atoms. The number of amides is 2. The van der Waals surface area contributed by atoms with E-state index in [4.69, 9.17) is 4.74 Å². The summed E-state index contributed by atoms with van der Waals surface area (Å²) in [6, 6.07) is 20.2. The van der Waals surface area contributed by atoms with Gasteiger partial charge < -0.3 is 15.0 Å². The topological polar surface area (TPSA) is 96.0 Å². The Bertz CT molecular complexity index is 1320. The van der Waals surface area contributed by atoms with Crippen molar-refractivity contribution in [2.45, 2.75) is 25.9 Å². The number of ether oxygens (including phenoxy) is 1. The Kier molecular flexibility index (Phi) is 9.84. The molecule has 1 N–H and O–H groups in total. The first-order chi connectivity index (χ1) is 18.1. The van der Waals surface area contributed by atoms with Gasteiger partial charge in [-0.3, -0.25) is 13.9 Å². The first-order valence-corrected chi connectivity index (χ1v) is 14.0. The van der Waals surface area contributed by atoms with E-state index in [-0.39, 0.29) is 18.7 Å². The van der Waals surface area contributed by atoms with Crippen LogP contribution in [0.4, 0.5) is 10.1 Å². The maximum atomic E-state index is 13.8. The van der Waals surface area contributed by atoms with Gasteiger partial charge in [0, 0.05) is 20.0 Å². The molecule has 0 aliphatic heterocycles. The molecular weight excluding hydrogens is 509 g/mol. The highest BCUT2D eigenvalue weighted by Gasteiger charge is 2.32. The minimum absolute atomic E-state index is 0.0229. The van der Waals surface area contributed by atoms with E-state index in [1.165, 1.54) is 36.2 Å². The van der Waals surface area contributed by atoms with Gasteiger partial charge >= 0.3 is 0 Å². The van der Waals surface area contributed by atoms with Gasteiger partial charge in [-0.2, -0.15) is 0 Å². The molecule has 8 nitrogen and oxygen atoms in total. The van der Waals surface area contributed by atoms with Gasteiger partial charge in [-0.15, -0.1) is 0 Å². The van der Waals surface area contributed by atoms with Crippen LogP contribution in [0.25, 0.3) is 0 Å². The van der Waals surface area contributed by atoms with Crippen LogP contribution in [0.1, 0.15) is 18.1 Å². The Morgan fingerprint density at radius 3 is 2.13 bits per heavy atom. The summed E-state index contributed by atoms with van der Waals surface area (Å²) in [6.07, 6.45) is 1.22. The van der Waals surface area contributed by atoms with Gasteiger partial charge in [0.25, 0.3) is 0 Å². The normalized spacial score (nSPS) is 11.9. The molecule has 0 saturated heterocycles. The van der Waals surface area contributed by atoms with Crippen LogP contribution >= 0.6 is 0 Å². The van der Waals surface area contributed by atoms with Gasteiger partial charge in [0.15, 0.2) is 0 Å². The van der Waals surface area contributed by atoms with E-state index in [0.717, 1.165) is 16.1 Å². The Labute approximate surface area is 223 Å². The van der Waals surface area contributed by atoms with Gasteiger partial charge in [-0.1, -0.05) is 42.5 Å². The van der Waals surface area contributed by atoms with Crippen LogP contribution in [0.3, 0.4) is 0 Å². The summed E-state index contributed by atoms with van der Waals surface area (Å²) in [7, 11) is -2.39. The first-order valence-electron chi connectivity index (χ1n) is 12.1. The number of benzene rings is 3. The van der Waals surface area contributed by atoms with E-state index in [2.05, 4.69) is 5.32 Å². The van der Waals surface area contributed by atoms with Gasteiger partial charge in [-0.25, -0.2) is 12.8 Å². The molecule has 0 aromatic heterocycles. The summed E-state index contributed by atoms with van der Waals surface area (Å²) >= 11 is 0. The number of nitrogens with one attached hydrogen (secondary N) is 1. The minimum Gasteiger partial charge on any atom is -0.494 e. The van der Waals surface area contributed by atoms with Crippen LogP contribution in [0, 0.1) is 5.82 Å². The van der Waals surface area contributed by atoms with Crippen molar-refractivity contribution in [1.82, 2.24) is 10.2 Å². The molecular formula is C28H32FN3O5S. The van der Waals surface area contributed by atoms with E-state index >= 15 is 0 Å². The predicted octanol–water partition coefficient (Wildman–Crippen LogP) is 3.38. The van der Waals surface area contributed by atoms with E-state index in [9.17, 15) is 22.4 Å². The molecule has 0 unspecified atom stereocenters. The largest absolute Gasteiger partial charge is 0.494 e. The zero-order valence-electron chi connectivity index (χ0n) is 21.6. The number of rotatable bonds is 12. The van der Waals surface area contributed by atoms with Crippen LogP contribution in [0.5, 0.6) is 5.75 Å². The van der Waals surface area contributed by atoms with Gasteiger partial charge in [0.1, 0.15) is 24.2 Å². The van der Waals surface area contributed by atoms with Crippen molar-refractivity contribution in [3.8, 4) is 5.75 Å². The van der Waals surface area contributed by atoms with Gasteiger partial charge in [0.2, 0.25) is 21.8 Å². The van der Waals surface area contributed by atoms with Crippen LogP contribution in [0.15, 0.2) is 78.9 Å². The van der Waals surface area contributed by atoms with Crippen LogP contribution in [0.2, 0.25) is 0 Å². The van der Waals surface area contributed by atoms with Crippen molar-refractivity contribution in [2.75, 3.05) is 30.8 Å². The number of carbonyl (C=O) groups is 2. The molecule has 3 aromatic carbocycles. The molecule has 1 atom stereocenters. The van der Waals surface area contributed by atoms with E-state index in [0.29, 0.717) is 17.9 Å². The Morgan fingerprint density at radius 1 is 0.947 bits per heavy atom. The van der Waals surface area contributed by atoms with Crippen molar-refractivity contribution in [1.29, 1.82) is 0 Å². The summed E-state index contributed by atoms with van der Waals surface area (Å²) < 4.78 is 45.5. The van der Waals surface area contributed by atoms with Crippen molar-refractivity contribution >= 4 is 27.5 Å². The third kappa shape index (κ3) is 7.79. The molecule has 3 aromatic rings. The van der Waals surface area contributed by atoms with Crippen molar-refractivity contribution in [3.05, 3.63) is 95.8 Å². The molecule has 0 spiro atoms. The second-order valence-corrected chi connectivity index (χ2v) is 10.6. The van der Waals surface area contributed by atoms with Gasteiger partial charge in [0.05, 0.1) is 18.6 Å². The third-order valence-corrected chi connectivity index (χ3v) is 7.04. The summed E-state index contributed by atoms with van der Waals surface area (Å²) in [5.41, 5.74) is 1.70. The highest BCUT2D eigenvalue weighted by atomic mass is 32.2. The molecule has 0 heterocycles. The number of likely N-dealkylation sites (N-methyl/N-ethyl adjacent to an activating group) is 1. The molecule has 202 valence electrons. The van der Waals surface area contributed by atoms with Gasteiger partial charge in [-0.05, 0) is 54.4 Å². The number of hydrogen-bond acceptors (Lipinski definition) is 5. The number of nitrogens with zero attached hydrogens (tertiary/aromatic N) is 2. The van der Waals surface area contributed by atoms with Crippen LogP contribution in [-0.4, -0.2) is 57.6 Å². The quantitative estimate of drug-likeness (QED) is 0.379. The maximum Gasteiger partial charge on any atom is 0.244 e. The summed E-state index contributed by atoms with van der Waals surface area (Å²) in [4.78, 5) is 28.2. The first kappa shape index (κ1) is 28.6. The lowest BCUT2D eigenvalue weighted by molar-refractivity contribution is -0.139. The maximum absolute atomic E-state index is 13.8. The Hall–Kier alpha value is -3.92. The Balaban J connectivity index is 1.99. The lowest BCUT2D eigenvalue weighted by Gasteiger charge is -2.33. The second-order valence-electron chi connectivity index (χ2n) is 8.66. The second kappa shape index (κ2) is 13.0. The van der Waals surface area contributed by atoms with Crippen molar-refractivity contribution in [3.63, 3.8) is 0 Å². The van der Waals surface area contributed by atoms with Crippen molar-refractivity contribution in [2.24, 2.45) is 0 Å². The van der Waals surface area contributed by atoms with E-state index in [1.54, 1.807) is 24.3 Å². The molecule has 0 radical (unpaired) electrons. The molecule has 0 bridgehead atoms. The van der Waals surface area contributed by atoms with Crippen molar-refractivity contribution < 1.29 is 27.1 Å². The zero-order chi connectivity index (χ0) is 27.7. The standard InChI is InChI=1S/C28H32FN3O5S/c1-4-37-25-16-14-24(15-17-25)32(38(3,35)36)20-27(33)31(19-22-10-12-23(29)13-11-22)26(28(34)30-2)18-21-8-6-5-7-9-21/h5-17,26H,4,18-20H2,1-3H3,(H,30,34)/t26-/m1/s1. The van der Waals surface area contributed by atoms with E-state index < -0.39 is 40.2 Å². The monoisotopic (exact) mass is 541 g/mol. The average molecular weight is 542 g/mol. The molecule has 0 aliphatic carbocycles. The molecule has 2 amide bonds. The number of hydrogen-bond donors (Lipinski definition) is 1. The highest BCUT2D eigenvalue weighted by Crippen LogP contribution is 2.23. The number of sulfonamides is 1. The lowest BCUT2D eigenvalue weighted by Crippen LogP contribution is -2.52. The number of anilines is 1. The summed E-state index contributed by atoms with van der Waals surface area (Å²) in [5, 5.41) is 2.61.